The van der Waals surface area contributed by atoms with Crippen molar-refractivity contribution in [2.24, 2.45) is 0 Å². The number of hydrogen-bond acceptors (Lipinski definition) is 5. The average Bonchev–Trinajstić information content (AvgIpc) is 3.33. The fourth-order valence-electron chi connectivity index (χ4n) is 2.83. The van der Waals surface area contributed by atoms with Crippen molar-refractivity contribution in [3.63, 3.8) is 0 Å². The molecule has 0 radical (unpaired) electrons. The summed E-state index contributed by atoms with van der Waals surface area (Å²) in [6.45, 7) is -0.251. The van der Waals surface area contributed by atoms with Crippen LogP contribution in [-0.2, 0) is 31.1 Å². The van der Waals surface area contributed by atoms with Gasteiger partial charge in [-0.15, -0.1) is 0 Å². The quantitative estimate of drug-likeness (QED) is 0.714. The first-order valence-corrected chi connectivity index (χ1v) is 8.77. The Balaban J connectivity index is 1.43. The molecule has 27 heavy (non-hydrogen) atoms. The normalized spacial score (nSPS) is 14.3. The number of ether oxygens (including phenoxy) is 1. The minimum absolute atomic E-state index is 0.124. The number of nitrogens with one attached hydrogen (secondary N) is 1. The highest BCUT2D eigenvalue weighted by Crippen LogP contribution is 2.49. The minimum Gasteiger partial charge on any atom is -0.467 e. The molecule has 1 heterocycles. The van der Waals surface area contributed by atoms with Gasteiger partial charge >= 0.3 is 5.97 Å². The maximum Gasteiger partial charge on any atom is 0.317 e. The van der Waals surface area contributed by atoms with E-state index in [1.54, 1.807) is 12.1 Å². The largest absolute Gasteiger partial charge is 0.467 e. The molecule has 1 N–H and O–H groups in total. The van der Waals surface area contributed by atoms with Gasteiger partial charge in [-0.1, -0.05) is 30.3 Å². The summed E-state index contributed by atoms with van der Waals surface area (Å²) in [6, 6.07) is 12.9. The highest BCUT2D eigenvalue weighted by atomic mass is 16.5. The Hall–Kier alpha value is -3.09. The molecule has 3 rings (SSSR count). The van der Waals surface area contributed by atoms with Gasteiger partial charge in [-0.2, -0.15) is 0 Å². The molecule has 0 spiro atoms. The molecule has 142 valence electrons. The molecule has 0 unspecified atom stereocenters. The standard InChI is InChI=1S/C20H22N2O5/c1-22(13-17(23)21-12-16-8-5-11-26-16)18(24)14-27-19(25)20(9-10-20)15-6-3-2-4-7-15/h2-8,11H,9-10,12-14H2,1H3,(H,21,23). The van der Waals surface area contributed by atoms with Gasteiger partial charge in [0.2, 0.25) is 5.91 Å². The number of furan rings is 1. The molecule has 1 aliphatic rings. The molecule has 0 saturated heterocycles. The number of likely N-dealkylation sites (N-methyl/N-ethyl adjacent to an activating group) is 1. The SMILES string of the molecule is CN(CC(=O)NCc1ccco1)C(=O)COC(=O)C1(c2ccccc2)CC1. The van der Waals surface area contributed by atoms with Crippen LogP contribution in [0.5, 0.6) is 0 Å². The number of carbonyl (C=O) groups is 3. The van der Waals surface area contributed by atoms with E-state index in [9.17, 15) is 14.4 Å². The van der Waals surface area contributed by atoms with Crippen molar-refractivity contribution in [3.05, 3.63) is 60.1 Å². The van der Waals surface area contributed by atoms with Gasteiger partial charge in [-0.05, 0) is 30.5 Å². The number of amides is 2. The number of carbonyl (C=O) groups excluding carboxylic acids is 3. The third kappa shape index (κ3) is 4.55. The molecule has 7 heteroatoms. The Bertz CT molecular complexity index is 797. The van der Waals surface area contributed by atoms with E-state index in [0.29, 0.717) is 5.76 Å². The van der Waals surface area contributed by atoms with Crippen LogP contribution in [0.2, 0.25) is 0 Å². The molecule has 2 amide bonds. The van der Waals surface area contributed by atoms with Crippen LogP contribution in [0.1, 0.15) is 24.2 Å². The van der Waals surface area contributed by atoms with Crippen LogP contribution in [0.4, 0.5) is 0 Å². The first-order chi connectivity index (χ1) is 13.0. The lowest BCUT2D eigenvalue weighted by atomic mass is 9.96. The number of benzene rings is 1. The third-order valence-electron chi connectivity index (χ3n) is 4.64. The summed E-state index contributed by atoms with van der Waals surface area (Å²) < 4.78 is 10.4. The summed E-state index contributed by atoms with van der Waals surface area (Å²) in [5.74, 6) is -0.517. The lowest BCUT2D eigenvalue weighted by Crippen LogP contribution is -2.40. The zero-order valence-electron chi connectivity index (χ0n) is 15.1. The Morgan fingerprint density at radius 1 is 1.15 bits per heavy atom. The molecule has 0 atom stereocenters. The van der Waals surface area contributed by atoms with Crippen LogP contribution in [0.25, 0.3) is 0 Å². The van der Waals surface area contributed by atoms with Crippen molar-refractivity contribution in [3.8, 4) is 0 Å². The van der Waals surface area contributed by atoms with Gasteiger partial charge < -0.3 is 19.4 Å². The fourth-order valence-corrected chi connectivity index (χ4v) is 2.83. The Labute approximate surface area is 157 Å². The lowest BCUT2D eigenvalue weighted by Gasteiger charge is -2.18. The molecular weight excluding hydrogens is 348 g/mol. The maximum atomic E-state index is 12.4. The van der Waals surface area contributed by atoms with Gasteiger partial charge in [0.15, 0.2) is 6.61 Å². The van der Waals surface area contributed by atoms with Gasteiger partial charge in [0.05, 0.1) is 24.8 Å². The van der Waals surface area contributed by atoms with E-state index >= 15 is 0 Å². The summed E-state index contributed by atoms with van der Waals surface area (Å²) in [7, 11) is 1.49. The van der Waals surface area contributed by atoms with Crippen LogP contribution >= 0.6 is 0 Å². The maximum absolute atomic E-state index is 12.4. The van der Waals surface area contributed by atoms with Crippen molar-refractivity contribution in [1.29, 1.82) is 0 Å². The molecule has 1 aromatic heterocycles. The fraction of sp³-hybridized carbons (Fsp3) is 0.350. The topological polar surface area (TPSA) is 88.8 Å². The summed E-state index contributed by atoms with van der Waals surface area (Å²) in [4.78, 5) is 37.7. The highest BCUT2D eigenvalue weighted by Gasteiger charge is 2.52. The van der Waals surface area contributed by atoms with Crippen LogP contribution in [0, 0.1) is 0 Å². The van der Waals surface area contributed by atoms with Gasteiger partial charge in [0.1, 0.15) is 5.76 Å². The van der Waals surface area contributed by atoms with E-state index < -0.39 is 17.3 Å². The number of hydrogen-bond donors (Lipinski definition) is 1. The van der Waals surface area contributed by atoms with E-state index in [1.165, 1.54) is 18.2 Å². The van der Waals surface area contributed by atoms with E-state index in [-0.39, 0.29) is 25.6 Å². The molecule has 2 aromatic rings. The van der Waals surface area contributed by atoms with Crippen LogP contribution in [0.3, 0.4) is 0 Å². The highest BCUT2D eigenvalue weighted by molar-refractivity contribution is 5.90. The van der Waals surface area contributed by atoms with Crippen molar-refractivity contribution < 1.29 is 23.5 Å². The second kappa shape index (κ2) is 8.07. The van der Waals surface area contributed by atoms with Crippen molar-refractivity contribution in [2.45, 2.75) is 24.8 Å². The summed E-state index contributed by atoms with van der Waals surface area (Å²) in [6.07, 6.45) is 2.96. The predicted octanol–water partition coefficient (Wildman–Crippen LogP) is 1.63. The first kappa shape index (κ1) is 18.7. The molecule has 0 aliphatic heterocycles. The van der Waals surface area contributed by atoms with E-state index in [4.69, 9.17) is 9.15 Å². The van der Waals surface area contributed by atoms with Crippen LogP contribution < -0.4 is 5.32 Å². The van der Waals surface area contributed by atoms with Crippen LogP contribution in [0.15, 0.2) is 53.1 Å². The van der Waals surface area contributed by atoms with Crippen molar-refractivity contribution in [2.75, 3.05) is 20.2 Å². The predicted molar refractivity (Wildman–Crippen MR) is 96.5 cm³/mol. The zero-order valence-corrected chi connectivity index (χ0v) is 15.1. The zero-order chi connectivity index (χ0) is 19.3. The lowest BCUT2D eigenvalue weighted by molar-refractivity contribution is -0.154. The third-order valence-corrected chi connectivity index (χ3v) is 4.64. The number of rotatable bonds is 8. The van der Waals surface area contributed by atoms with Crippen LogP contribution in [-0.4, -0.2) is 42.9 Å². The second-order valence-corrected chi connectivity index (χ2v) is 6.63. The Morgan fingerprint density at radius 3 is 2.52 bits per heavy atom. The summed E-state index contributed by atoms with van der Waals surface area (Å²) >= 11 is 0. The molecule has 7 nitrogen and oxygen atoms in total. The molecule has 1 saturated carbocycles. The van der Waals surface area contributed by atoms with Crippen molar-refractivity contribution >= 4 is 17.8 Å². The van der Waals surface area contributed by atoms with E-state index in [2.05, 4.69) is 5.32 Å². The molecule has 0 bridgehead atoms. The van der Waals surface area contributed by atoms with E-state index in [1.807, 2.05) is 30.3 Å². The molecule has 1 fully saturated rings. The monoisotopic (exact) mass is 370 g/mol. The van der Waals surface area contributed by atoms with Gasteiger partial charge in [0, 0.05) is 7.05 Å². The molecule has 1 aliphatic carbocycles. The second-order valence-electron chi connectivity index (χ2n) is 6.63. The average molecular weight is 370 g/mol. The smallest absolute Gasteiger partial charge is 0.317 e. The van der Waals surface area contributed by atoms with Gasteiger partial charge in [-0.25, -0.2) is 0 Å². The Kier molecular flexibility index (Phi) is 5.59. The Morgan fingerprint density at radius 2 is 1.89 bits per heavy atom. The number of esters is 1. The minimum atomic E-state index is -0.624. The van der Waals surface area contributed by atoms with E-state index in [0.717, 1.165) is 18.4 Å². The van der Waals surface area contributed by atoms with Gasteiger partial charge in [0.25, 0.3) is 5.91 Å². The van der Waals surface area contributed by atoms with Gasteiger partial charge in [-0.3, -0.25) is 14.4 Å². The van der Waals surface area contributed by atoms with Crippen molar-refractivity contribution in [1.82, 2.24) is 10.2 Å². The molecule has 1 aromatic carbocycles. The summed E-state index contributed by atoms with van der Waals surface area (Å²) in [5, 5.41) is 2.66. The summed E-state index contributed by atoms with van der Waals surface area (Å²) in [5.41, 5.74) is 0.286. The first-order valence-electron chi connectivity index (χ1n) is 8.77. The number of nitrogens with zero attached hydrogens (tertiary/aromatic N) is 1. The molecular formula is C20H22N2O5.